The van der Waals surface area contributed by atoms with Crippen LogP contribution in [0.5, 0.6) is 0 Å². The van der Waals surface area contributed by atoms with E-state index < -0.39 is 0 Å². The maximum atomic E-state index is 11.9. The summed E-state index contributed by atoms with van der Waals surface area (Å²) in [5.41, 5.74) is 2.80. The fourth-order valence-corrected chi connectivity index (χ4v) is 2.46. The topological polar surface area (TPSA) is 41.1 Å². The molecule has 23 heavy (non-hydrogen) atoms. The zero-order valence-electron chi connectivity index (χ0n) is 13.4. The molecule has 0 aliphatic carbocycles. The third-order valence-corrected chi connectivity index (χ3v) is 3.88. The van der Waals surface area contributed by atoms with Gasteiger partial charge in [-0.15, -0.1) is 0 Å². The van der Waals surface area contributed by atoms with Crippen molar-refractivity contribution in [1.82, 2.24) is 0 Å². The van der Waals surface area contributed by atoms with Crippen molar-refractivity contribution < 1.29 is 4.79 Å². The van der Waals surface area contributed by atoms with E-state index in [2.05, 4.69) is 29.7 Å². The second kappa shape index (κ2) is 9.21. The van der Waals surface area contributed by atoms with Gasteiger partial charge in [-0.1, -0.05) is 49.9 Å². The van der Waals surface area contributed by atoms with Gasteiger partial charge >= 0.3 is 6.03 Å². The number of hydrogen-bond acceptors (Lipinski definition) is 1. The molecule has 0 aliphatic heterocycles. The number of nitrogens with one attached hydrogen (secondary N) is 2. The Kier molecular flexibility index (Phi) is 6.95. The third-order valence-electron chi connectivity index (χ3n) is 3.63. The lowest BCUT2D eigenvalue weighted by Crippen LogP contribution is -2.19. The van der Waals surface area contributed by atoms with Gasteiger partial charge in [-0.3, -0.25) is 0 Å². The average molecular weight is 331 g/mol. The van der Waals surface area contributed by atoms with Crippen molar-refractivity contribution >= 4 is 29.0 Å². The number of amides is 2. The lowest BCUT2D eigenvalue weighted by Gasteiger charge is -2.08. The minimum Gasteiger partial charge on any atom is -0.308 e. The monoisotopic (exact) mass is 330 g/mol. The molecule has 2 aromatic carbocycles. The Labute approximate surface area is 143 Å². The van der Waals surface area contributed by atoms with Gasteiger partial charge in [0.15, 0.2) is 0 Å². The fourth-order valence-electron chi connectivity index (χ4n) is 2.34. The molecule has 0 unspecified atom stereocenters. The summed E-state index contributed by atoms with van der Waals surface area (Å²) < 4.78 is 0. The number of unbranched alkanes of at least 4 members (excludes halogenated alkanes) is 3. The highest BCUT2D eigenvalue weighted by molar-refractivity contribution is 6.30. The van der Waals surface area contributed by atoms with Crippen LogP contribution < -0.4 is 10.6 Å². The Morgan fingerprint density at radius 1 is 0.870 bits per heavy atom. The number of anilines is 2. The van der Waals surface area contributed by atoms with Crippen molar-refractivity contribution in [3.63, 3.8) is 0 Å². The van der Waals surface area contributed by atoms with Crippen LogP contribution in [-0.4, -0.2) is 6.03 Å². The molecule has 0 aromatic heterocycles. The molecule has 0 bridgehead atoms. The molecular weight excluding hydrogens is 308 g/mol. The van der Waals surface area contributed by atoms with E-state index in [1.54, 1.807) is 24.3 Å². The van der Waals surface area contributed by atoms with Crippen molar-refractivity contribution in [3.05, 3.63) is 59.1 Å². The number of benzene rings is 2. The van der Waals surface area contributed by atoms with Gasteiger partial charge in [0.05, 0.1) is 0 Å². The molecule has 0 fully saturated rings. The first-order valence-electron chi connectivity index (χ1n) is 8.10. The number of carbonyl (C=O) groups excluding carboxylic acids is 1. The summed E-state index contributed by atoms with van der Waals surface area (Å²) in [6, 6.07) is 14.8. The van der Waals surface area contributed by atoms with E-state index in [0.29, 0.717) is 10.7 Å². The summed E-state index contributed by atoms with van der Waals surface area (Å²) >= 11 is 5.82. The summed E-state index contributed by atoms with van der Waals surface area (Å²) in [5, 5.41) is 6.24. The Morgan fingerprint density at radius 3 is 2.00 bits per heavy atom. The first-order chi connectivity index (χ1) is 11.2. The van der Waals surface area contributed by atoms with Gasteiger partial charge in [0, 0.05) is 16.4 Å². The van der Waals surface area contributed by atoms with E-state index in [1.165, 1.54) is 31.2 Å². The molecule has 3 nitrogen and oxygen atoms in total. The van der Waals surface area contributed by atoms with Gasteiger partial charge in [0.25, 0.3) is 0 Å². The Balaban J connectivity index is 1.80. The predicted octanol–water partition coefficient (Wildman–Crippen LogP) is 6.11. The van der Waals surface area contributed by atoms with E-state index in [0.717, 1.165) is 12.1 Å². The molecular formula is C19H23ClN2O. The van der Waals surface area contributed by atoms with E-state index in [9.17, 15) is 4.79 Å². The molecule has 0 saturated heterocycles. The van der Waals surface area contributed by atoms with Gasteiger partial charge in [-0.25, -0.2) is 4.79 Å². The zero-order chi connectivity index (χ0) is 16.5. The van der Waals surface area contributed by atoms with Crippen LogP contribution in [0.1, 0.15) is 38.2 Å². The highest BCUT2D eigenvalue weighted by Gasteiger charge is 2.03. The van der Waals surface area contributed by atoms with Crippen LogP contribution in [0.15, 0.2) is 48.5 Å². The Bertz CT molecular complexity index is 608. The van der Waals surface area contributed by atoms with Crippen LogP contribution in [-0.2, 0) is 6.42 Å². The predicted molar refractivity (Wildman–Crippen MR) is 98.4 cm³/mol. The number of aryl methyl sites for hydroxylation is 1. The quantitative estimate of drug-likeness (QED) is 0.591. The van der Waals surface area contributed by atoms with Crippen LogP contribution in [0, 0.1) is 0 Å². The minimum atomic E-state index is -0.261. The Morgan fingerprint density at radius 2 is 1.43 bits per heavy atom. The van der Waals surface area contributed by atoms with Gasteiger partial charge in [0.1, 0.15) is 0 Å². The first-order valence-corrected chi connectivity index (χ1v) is 8.47. The van der Waals surface area contributed by atoms with E-state index in [1.807, 2.05) is 12.1 Å². The standard InChI is InChI=1S/C19H23ClN2O/c1-2-3-4-5-6-15-7-11-17(12-8-15)21-19(23)22-18-13-9-16(20)10-14-18/h7-14H,2-6H2,1H3,(H2,21,22,23). The van der Waals surface area contributed by atoms with Crippen LogP contribution in [0.2, 0.25) is 5.02 Å². The van der Waals surface area contributed by atoms with Crippen molar-refractivity contribution in [3.8, 4) is 0 Å². The molecule has 2 aromatic rings. The van der Waals surface area contributed by atoms with E-state index >= 15 is 0 Å². The number of rotatable bonds is 7. The minimum absolute atomic E-state index is 0.261. The molecule has 2 N–H and O–H groups in total. The lowest BCUT2D eigenvalue weighted by molar-refractivity contribution is 0.262. The summed E-state index contributed by atoms with van der Waals surface area (Å²) in [7, 11) is 0. The maximum absolute atomic E-state index is 11.9. The van der Waals surface area contributed by atoms with Crippen LogP contribution in [0.4, 0.5) is 16.2 Å². The fraction of sp³-hybridized carbons (Fsp3) is 0.316. The van der Waals surface area contributed by atoms with Crippen molar-refractivity contribution in [1.29, 1.82) is 0 Å². The SMILES string of the molecule is CCCCCCc1ccc(NC(=O)Nc2ccc(Cl)cc2)cc1. The van der Waals surface area contributed by atoms with E-state index in [4.69, 9.17) is 11.6 Å². The lowest BCUT2D eigenvalue weighted by atomic mass is 10.1. The molecule has 0 aliphatic rings. The van der Waals surface area contributed by atoms with Crippen molar-refractivity contribution in [2.24, 2.45) is 0 Å². The molecule has 2 rings (SSSR count). The summed E-state index contributed by atoms with van der Waals surface area (Å²) in [5.74, 6) is 0. The molecule has 0 saturated carbocycles. The van der Waals surface area contributed by atoms with Gasteiger partial charge in [-0.2, -0.15) is 0 Å². The first kappa shape index (κ1) is 17.4. The third kappa shape index (κ3) is 6.33. The van der Waals surface area contributed by atoms with Crippen LogP contribution >= 0.6 is 11.6 Å². The second-order valence-corrected chi connectivity index (χ2v) is 6.03. The highest BCUT2D eigenvalue weighted by atomic mass is 35.5. The average Bonchev–Trinajstić information content (AvgIpc) is 2.55. The molecule has 122 valence electrons. The maximum Gasteiger partial charge on any atom is 0.323 e. The van der Waals surface area contributed by atoms with Crippen molar-refractivity contribution in [2.75, 3.05) is 10.6 Å². The smallest absolute Gasteiger partial charge is 0.308 e. The number of halogens is 1. The Hall–Kier alpha value is -2.00. The largest absolute Gasteiger partial charge is 0.323 e. The van der Waals surface area contributed by atoms with Gasteiger partial charge in [-0.05, 0) is 54.8 Å². The number of carbonyl (C=O) groups is 1. The number of urea groups is 1. The van der Waals surface area contributed by atoms with E-state index in [-0.39, 0.29) is 6.03 Å². The molecule has 0 atom stereocenters. The molecule has 0 radical (unpaired) electrons. The molecule has 0 spiro atoms. The second-order valence-electron chi connectivity index (χ2n) is 5.59. The van der Waals surface area contributed by atoms with Gasteiger partial charge in [0.2, 0.25) is 0 Å². The zero-order valence-corrected chi connectivity index (χ0v) is 14.2. The molecule has 2 amide bonds. The summed E-state index contributed by atoms with van der Waals surface area (Å²) in [6.07, 6.45) is 6.14. The highest BCUT2D eigenvalue weighted by Crippen LogP contribution is 2.15. The van der Waals surface area contributed by atoms with Crippen LogP contribution in [0.25, 0.3) is 0 Å². The van der Waals surface area contributed by atoms with Crippen LogP contribution in [0.3, 0.4) is 0 Å². The number of hydrogen-bond donors (Lipinski definition) is 2. The molecule has 0 heterocycles. The normalized spacial score (nSPS) is 10.3. The summed E-state index contributed by atoms with van der Waals surface area (Å²) in [4.78, 5) is 11.9. The van der Waals surface area contributed by atoms with Crippen molar-refractivity contribution in [2.45, 2.75) is 39.0 Å². The summed E-state index contributed by atoms with van der Waals surface area (Å²) in [6.45, 7) is 2.22. The molecule has 4 heteroatoms. The van der Waals surface area contributed by atoms with Gasteiger partial charge < -0.3 is 10.6 Å².